The van der Waals surface area contributed by atoms with Crippen LogP contribution in [-0.4, -0.2) is 19.2 Å². The third-order valence-corrected chi connectivity index (χ3v) is 4.68. The van der Waals surface area contributed by atoms with E-state index in [1.54, 1.807) is 6.07 Å². The second-order valence-corrected chi connectivity index (χ2v) is 6.30. The van der Waals surface area contributed by atoms with Gasteiger partial charge in [0.05, 0.1) is 12.2 Å². The van der Waals surface area contributed by atoms with E-state index in [4.69, 9.17) is 4.74 Å². The minimum absolute atomic E-state index is 0.0643. The third-order valence-electron chi connectivity index (χ3n) is 4.68. The largest absolute Gasteiger partial charge is 0.368 e. The Morgan fingerprint density at radius 3 is 2.80 bits per heavy atom. The molecule has 1 aliphatic heterocycles. The SMILES string of the molecule is Cc1cc(C2CNCC(CC3CCCC3)O2)ccc1F. The van der Waals surface area contributed by atoms with Crippen molar-refractivity contribution in [2.45, 2.75) is 51.2 Å². The highest BCUT2D eigenvalue weighted by molar-refractivity contribution is 5.26. The first-order chi connectivity index (χ1) is 9.72. The predicted molar refractivity (Wildman–Crippen MR) is 78.2 cm³/mol. The molecule has 2 unspecified atom stereocenters. The molecule has 2 nitrogen and oxygen atoms in total. The van der Waals surface area contributed by atoms with Crippen LogP contribution < -0.4 is 5.32 Å². The number of morpholine rings is 1. The van der Waals surface area contributed by atoms with Crippen LogP contribution >= 0.6 is 0 Å². The summed E-state index contributed by atoms with van der Waals surface area (Å²) >= 11 is 0. The van der Waals surface area contributed by atoms with Crippen LogP contribution in [0.15, 0.2) is 18.2 Å². The van der Waals surface area contributed by atoms with Crippen LogP contribution in [0.1, 0.15) is 49.3 Å². The van der Waals surface area contributed by atoms with Crippen LogP contribution in [-0.2, 0) is 4.74 Å². The number of nitrogens with one attached hydrogen (secondary N) is 1. The first-order valence-electron chi connectivity index (χ1n) is 7.84. The summed E-state index contributed by atoms with van der Waals surface area (Å²) in [6.45, 7) is 3.59. The molecule has 1 saturated carbocycles. The minimum atomic E-state index is -0.139. The lowest BCUT2D eigenvalue weighted by Gasteiger charge is -2.32. The molecule has 20 heavy (non-hydrogen) atoms. The summed E-state index contributed by atoms with van der Waals surface area (Å²) in [6, 6.07) is 5.32. The lowest BCUT2D eigenvalue weighted by Crippen LogP contribution is -2.41. The first kappa shape index (κ1) is 14.0. The summed E-state index contributed by atoms with van der Waals surface area (Å²) in [5.74, 6) is 0.704. The molecule has 1 aliphatic carbocycles. The zero-order valence-electron chi connectivity index (χ0n) is 12.2. The minimum Gasteiger partial charge on any atom is -0.368 e. The second-order valence-electron chi connectivity index (χ2n) is 6.30. The van der Waals surface area contributed by atoms with Gasteiger partial charge in [0.25, 0.3) is 0 Å². The van der Waals surface area contributed by atoms with E-state index in [-0.39, 0.29) is 11.9 Å². The van der Waals surface area contributed by atoms with Crippen LogP contribution in [0.3, 0.4) is 0 Å². The van der Waals surface area contributed by atoms with Crippen molar-refractivity contribution in [1.82, 2.24) is 5.32 Å². The van der Waals surface area contributed by atoms with E-state index in [1.165, 1.54) is 32.1 Å². The van der Waals surface area contributed by atoms with Crippen LogP contribution in [0.4, 0.5) is 4.39 Å². The van der Waals surface area contributed by atoms with Gasteiger partial charge in [-0.25, -0.2) is 4.39 Å². The fourth-order valence-electron chi connectivity index (χ4n) is 3.53. The lowest BCUT2D eigenvalue weighted by molar-refractivity contribution is -0.0489. The average Bonchev–Trinajstić information content (AvgIpc) is 2.95. The zero-order chi connectivity index (χ0) is 13.9. The van der Waals surface area contributed by atoms with Gasteiger partial charge < -0.3 is 10.1 Å². The molecule has 2 atom stereocenters. The van der Waals surface area contributed by atoms with Gasteiger partial charge in [0.2, 0.25) is 0 Å². The molecule has 2 fully saturated rings. The maximum absolute atomic E-state index is 13.4. The van der Waals surface area contributed by atoms with Crippen LogP contribution in [0.25, 0.3) is 0 Å². The number of aryl methyl sites for hydroxylation is 1. The number of benzene rings is 1. The summed E-state index contributed by atoms with van der Waals surface area (Å²) in [6.07, 6.45) is 7.03. The van der Waals surface area contributed by atoms with Crippen molar-refractivity contribution in [2.24, 2.45) is 5.92 Å². The monoisotopic (exact) mass is 277 g/mol. The van der Waals surface area contributed by atoms with Crippen molar-refractivity contribution in [3.8, 4) is 0 Å². The van der Waals surface area contributed by atoms with Gasteiger partial charge in [-0.3, -0.25) is 0 Å². The normalized spacial score (nSPS) is 27.9. The van der Waals surface area contributed by atoms with E-state index in [0.717, 1.165) is 24.6 Å². The second kappa shape index (κ2) is 6.23. The Bertz CT molecular complexity index is 456. The van der Waals surface area contributed by atoms with Gasteiger partial charge in [0.1, 0.15) is 5.82 Å². The summed E-state index contributed by atoms with van der Waals surface area (Å²) in [4.78, 5) is 0. The van der Waals surface area contributed by atoms with Gasteiger partial charge in [-0.2, -0.15) is 0 Å². The molecule has 0 radical (unpaired) electrons. The van der Waals surface area contributed by atoms with E-state index in [2.05, 4.69) is 5.32 Å². The van der Waals surface area contributed by atoms with Crippen LogP contribution in [0.2, 0.25) is 0 Å². The standard InChI is InChI=1S/C17H24FNO/c1-12-8-14(6-7-16(12)18)17-11-19-10-15(20-17)9-13-4-2-3-5-13/h6-8,13,15,17,19H,2-5,9-11H2,1H3. The summed E-state index contributed by atoms with van der Waals surface area (Å²) in [5, 5.41) is 3.47. The quantitative estimate of drug-likeness (QED) is 0.908. The number of hydrogen-bond acceptors (Lipinski definition) is 2. The van der Waals surface area contributed by atoms with Gasteiger partial charge in [0, 0.05) is 13.1 Å². The Hall–Kier alpha value is -0.930. The van der Waals surface area contributed by atoms with Crippen molar-refractivity contribution in [3.63, 3.8) is 0 Å². The average molecular weight is 277 g/mol. The molecule has 3 rings (SSSR count). The predicted octanol–water partition coefficient (Wildman–Crippen LogP) is 3.74. The summed E-state index contributed by atoms with van der Waals surface area (Å²) in [7, 11) is 0. The lowest BCUT2D eigenvalue weighted by atomic mass is 9.98. The van der Waals surface area contributed by atoms with E-state index in [9.17, 15) is 4.39 Å². The smallest absolute Gasteiger partial charge is 0.126 e. The highest BCUT2D eigenvalue weighted by Crippen LogP contribution is 2.32. The number of ether oxygens (including phenoxy) is 1. The fourth-order valence-corrected chi connectivity index (χ4v) is 3.53. The Kier molecular flexibility index (Phi) is 4.37. The fraction of sp³-hybridized carbons (Fsp3) is 0.647. The molecular formula is C17H24FNO. The summed E-state index contributed by atoms with van der Waals surface area (Å²) in [5.41, 5.74) is 1.79. The van der Waals surface area contributed by atoms with Gasteiger partial charge in [-0.05, 0) is 36.5 Å². The van der Waals surface area contributed by atoms with Crippen molar-refractivity contribution in [3.05, 3.63) is 35.1 Å². The van der Waals surface area contributed by atoms with Crippen LogP contribution in [0.5, 0.6) is 0 Å². The maximum atomic E-state index is 13.4. The third kappa shape index (κ3) is 3.21. The molecule has 2 aliphatic rings. The van der Waals surface area contributed by atoms with E-state index in [0.29, 0.717) is 11.7 Å². The Morgan fingerprint density at radius 1 is 1.25 bits per heavy atom. The van der Waals surface area contributed by atoms with E-state index < -0.39 is 0 Å². The highest BCUT2D eigenvalue weighted by Gasteiger charge is 2.27. The number of rotatable bonds is 3. The summed E-state index contributed by atoms with van der Waals surface area (Å²) < 4.78 is 19.6. The molecule has 1 N–H and O–H groups in total. The highest BCUT2D eigenvalue weighted by atomic mass is 19.1. The number of halogens is 1. The van der Waals surface area contributed by atoms with Gasteiger partial charge >= 0.3 is 0 Å². The van der Waals surface area contributed by atoms with Crippen molar-refractivity contribution in [2.75, 3.05) is 13.1 Å². The van der Waals surface area contributed by atoms with Gasteiger partial charge in [-0.15, -0.1) is 0 Å². The molecule has 1 aromatic carbocycles. The molecule has 0 amide bonds. The molecule has 0 bridgehead atoms. The Morgan fingerprint density at radius 2 is 2.05 bits per heavy atom. The first-order valence-corrected chi connectivity index (χ1v) is 7.84. The van der Waals surface area contributed by atoms with Crippen molar-refractivity contribution in [1.29, 1.82) is 0 Å². The molecule has 1 aromatic rings. The molecule has 1 saturated heterocycles. The zero-order valence-corrected chi connectivity index (χ0v) is 12.2. The van der Waals surface area contributed by atoms with Gasteiger partial charge in [-0.1, -0.05) is 37.8 Å². The van der Waals surface area contributed by atoms with E-state index >= 15 is 0 Å². The Balaban J connectivity index is 1.63. The topological polar surface area (TPSA) is 21.3 Å². The van der Waals surface area contributed by atoms with Crippen molar-refractivity contribution >= 4 is 0 Å². The number of hydrogen-bond donors (Lipinski definition) is 1. The molecule has 110 valence electrons. The Labute approximate surface area is 120 Å². The van der Waals surface area contributed by atoms with Gasteiger partial charge in [0.15, 0.2) is 0 Å². The van der Waals surface area contributed by atoms with Crippen LogP contribution in [0, 0.1) is 18.7 Å². The van der Waals surface area contributed by atoms with E-state index in [1.807, 2.05) is 19.1 Å². The molecule has 0 spiro atoms. The molecule has 0 aromatic heterocycles. The molecule has 1 heterocycles. The van der Waals surface area contributed by atoms with Crippen molar-refractivity contribution < 1.29 is 9.13 Å². The molecule has 3 heteroatoms. The molecular weight excluding hydrogens is 253 g/mol. The maximum Gasteiger partial charge on any atom is 0.126 e.